The summed E-state index contributed by atoms with van der Waals surface area (Å²) in [5.74, 6) is -0.0447. The van der Waals surface area contributed by atoms with Crippen molar-refractivity contribution in [1.29, 1.82) is 0 Å². The van der Waals surface area contributed by atoms with Crippen LogP contribution < -0.4 is 5.56 Å². The Morgan fingerprint density at radius 3 is 2.64 bits per heavy atom. The van der Waals surface area contributed by atoms with E-state index in [0.717, 1.165) is 14.8 Å². The Morgan fingerprint density at radius 1 is 1.18 bits per heavy atom. The van der Waals surface area contributed by atoms with Crippen LogP contribution in [0.5, 0.6) is 5.75 Å². The maximum atomic E-state index is 12.2. The molecule has 0 saturated carbocycles. The van der Waals surface area contributed by atoms with E-state index in [1.807, 2.05) is 43.3 Å². The van der Waals surface area contributed by atoms with Crippen LogP contribution >= 0.6 is 22.6 Å². The van der Waals surface area contributed by atoms with Gasteiger partial charge in [0.25, 0.3) is 5.56 Å². The Hall–Kier alpha value is -2.15. The van der Waals surface area contributed by atoms with Gasteiger partial charge in [-0.25, -0.2) is 0 Å². The van der Waals surface area contributed by atoms with Gasteiger partial charge in [-0.2, -0.15) is 0 Å². The Bertz CT molecular complexity index is 928. The molecule has 0 fully saturated rings. The number of nitrogens with zero attached hydrogens (tertiary/aromatic N) is 1. The van der Waals surface area contributed by atoms with E-state index in [-0.39, 0.29) is 16.9 Å². The summed E-state index contributed by atoms with van der Waals surface area (Å²) < 4.78 is 1.11. The number of H-pyrrole nitrogens is 1. The highest BCUT2D eigenvalue weighted by molar-refractivity contribution is 14.1. The number of fused-ring (bicyclic) bond motifs is 1. The number of nitrogens with one attached hydrogen (secondary N) is 1. The molecule has 0 unspecified atom stereocenters. The molecule has 0 bridgehead atoms. The molecule has 110 valence electrons. The molecule has 0 radical (unpaired) electrons. The number of aliphatic imine (C=N–C) groups is 1. The lowest BCUT2D eigenvalue weighted by molar-refractivity contribution is 0.479. The topological polar surface area (TPSA) is 65.5 Å². The molecule has 0 saturated heterocycles. The second-order valence-corrected chi connectivity index (χ2v) is 6.19. The molecular formula is C17H13IN2O2. The van der Waals surface area contributed by atoms with Crippen LogP contribution in [-0.2, 0) is 0 Å². The van der Waals surface area contributed by atoms with Gasteiger partial charge >= 0.3 is 0 Å². The van der Waals surface area contributed by atoms with Gasteiger partial charge in [0, 0.05) is 15.2 Å². The standard InChI is InChI=1S/C17H13IN2O2/c1-10-3-2-4-13-15(10)20-17(22)14(16(13)21)9-19-12-7-5-11(18)6-8-12/h2-9H,1H3,(H2,20,21,22). The summed E-state index contributed by atoms with van der Waals surface area (Å²) in [5.41, 5.74) is 2.09. The third-order valence-corrected chi connectivity index (χ3v) is 4.15. The highest BCUT2D eigenvalue weighted by Gasteiger charge is 2.11. The van der Waals surface area contributed by atoms with Gasteiger partial charge in [-0.15, -0.1) is 0 Å². The number of benzene rings is 2. The number of hydrogen-bond acceptors (Lipinski definition) is 3. The minimum Gasteiger partial charge on any atom is -0.506 e. The van der Waals surface area contributed by atoms with Crippen LogP contribution in [-0.4, -0.2) is 16.3 Å². The molecule has 0 amide bonds. The molecule has 2 N–H and O–H groups in total. The molecule has 4 nitrogen and oxygen atoms in total. The average Bonchev–Trinajstić information content (AvgIpc) is 2.50. The lowest BCUT2D eigenvalue weighted by atomic mass is 10.1. The first kappa shape index (κ1) is 14.8. The smallest absolute Gasteiger partial charge is 0.261 e. The van der Waals surface area contributed by atoms with Crippen molar-refractivity contribution < 1.29 is 5.11 Å². The van der Waals surface area contributed by atoms with E-state index in [4.69, 9.17) is 0 Å². The maximum Gasteiger partial charge on any atom is 0.261 e. The highest BCUT2D eigenvalue weighted by Crippen LogP contribution is 2.26. The molecule has 0 aliphatic rings. The van der Waals surface area contributed by atoms with Crippen molar-refractivity contribution >= 4 is 45.4 Å². The number of aromatic amines is 1. The number of halogens is 1. The van der Waals surface area contributed by atoms with E-state index in [0.29, 0.717) is 10.9 Å². The maximum absolute atomic E-state index is 12.2. The number of para-hydroxylation sites is 1. The fourth-order valence-electron chi connectivity index (χ4n) is 2.25. The van der Waals surface area contributed by atoms with E-state index in [2.05, 4.69) is 32.6 Å². The summed E-state index contributed by atoms with van der Waals surface area (Å²) >= 11 is 2.21. The number of pyridine rings is 1. The monoisotopic (exact) mass is 404 g/mol. The number of aromatic nitrogens is 1. The van der Waals surface area contributed by atoms with Gasteiger partial charge in [-0.05, 0) is 65.4 Å². The van der Waals surface area contributed by atoms with Crippen LogP contribution in [0.25, 0.3) is 10.9 Å². The highest BCUT2D eigenvalue weighted by atomic mass is 127. The zero-order valence-electron chi connectivity index (χ0n) is 11.8. The van der Waals surface area contributed by atoms with Crippen molar-refractivity contribution in [1.82, 2.24) is 4.98 Å². The van der Waals surface area contributed by atoms with Crippen molar-refractivity contribution in [2.75, 3.05) is 0 Å². The van der Waals surface area contributed by atoms with Crippen LogP contribution in [0, 0.1) is 10.5 Å². The molecule has 1 heterocycles. The van der Waals surface area contributed by atoms with Gasteiger partial charge < -0.3 is 10.1 Å². The van der Waals surface area contributed by atoms with Gasteiger partial charge in [0.15, 0.2) is 0 Å². The third-order valence-electron chi connectivity index (χ3n) is 3.44. The van der Waals surface area contributed by atoms with Gasteiger partial charge in [0.2, 0.25) is 0 Å². The van der Waals surface area contributed by atoms with Crippen LogP contribution in [0.3, 0.4) is 0 Å². The average molecular weight is 404 g/mol. The Morgan fingerprint density at radius 2 is 1.91 bits per heavy atom. The Kier molecular flexibility index (Phi) is 3.98. The fraction of sp³-hybridized carbons (Fsp3) is 0.0588. The molecular weight excluding hydrogens is 391 g/mol. The van der Waals surface area contributed by atoms with Crippen LogP contribution in [0.4, 0.5) is 5.69 Å². The van der Waals surface area contributed by atoms with Crippen LogP contribution in [0.2, 0.25) is 0 Å². The predicted molar refractivity (Wildman–Crippen MR) is 97.4 cm³/mol. The van der Waals surface area contributed by atoms with E-state index >= 15 is 0 Å². The molecule has 3 aromatic rings. The summed E-state index contributed by atoms with van der Waals surface area (Å²) in [6.07, 6.45) is 1.40. The molecule has 1 aromatic heterocycles. The van der Waals surface area contributed by atoms with Crippen LogP contribution in [0.15, 0.2) is 52.3 Å². The van der Waals surface area contributed by atoms with E-state index in [1.54, 1.807) is 6.07 Å². The van der Waals surface area contributed by atoms with Crippen LogP contribution in [0.1, 0.15) is 11.1 Å². The zero-order chi connectivity index (χ0) is 15.7. The minimum absolute atomic E-state index is 0.0447. The van der Waals surface area contributed by atoms with Crippen molar-refractivity contribution in [3.63, 3.8) is 0 Å². The SMILES string of the molecule is Cc1cccc2c(O)c(C=Nc3ccc(I)cc3)c(=O)[nH]c12. The summed E-state index contributed by atoms with van der Waals surface area (Å²) in [6.45, 7) is 1.89. The quantitative estimate of drug-likeness (QED) is 0.503. The largest absolute Gasteiger partial charge is 0.506 e. The normalized spacial score (nSPS) is 11.4. The summed E-state index contributed by atoms with van der Waals surface area (Å²) in [7, 11) is 0. The molecule has 0 aliphatic carbocycles. The molecule has 3 rings (SSSR count). The summed E-state index contributed by atoms with van der Waals surface area (Å²) in [6, 6.07) is 13.1. The van der Waals surface area contributed by atoms with Gasteiger partial charge in [0.05, 0.1) is 11.2 Å². The summed E-state index contributed by atoms with van der Waals surface area (Å²) in [5, 5.41) is 11.0. The van der Waals surface area contributed by atoms with E-state index < -0.39 is 0 Å². The van der Waals surface area contributed by atoms with Gasteiger partial charge in [0.1, 0.15) is 11.3 Å². The Balaban J connectivity index is 2.11. The number of aromatic hydroxyl groups is 1. The second kappa shape index (κ2) is 5.92. The number of hydrogen-bond donors (Lipinski definition) is 2. The van der Waals surface area contributed by atoms with E-state index in [9.17, 15) is 9.90 Å². The molecule has 0 spiro atoms. The van der Waals surface area contributed by atoms with Gasteiger partial charge in [-0.1, -0.05) is 12.1 Å². The minimum atomic E-state index is -0.353. The third kappa shape index (κ3) is 2.76. The van der Waals surface area contributed by atoms with Crippen molar-refractivity contribution in [3.05, 3.63) is 67.5 Å². The predicted octanol–water partition coefficient (Wildman–Crippen LogP) is 3.90. The molecule has 22 heavy (non-hydrogen) atoms. The van der Waals surface area contributed by atoms with E-state index in [1.165, 1.54) is 6.21 Å². The zero-order valence-corrected chi connectivity index (χ0v) is 14.0. The second-order valence-electron chi connectivity index (χ2n) is 4.95. The van der Waals surface area contributed by atoms with Crippen molar-refractivity contribution in [2.45, 2.75) is 6.92 Å². The first-order chi connectivity index (χ1) is 10.6. The van der Waals surface area contributed by atoms with Crippen molar-refractivity contribution in [3.8, 4) is 5.75 Å². The fourth-order valence-corrected chi connectivity index (χ4v) is 2.61. The number of rotatable bonds is 2. The lowest BCUT2D eigenvalue weighted by Crippen LogP contribution is -2.12. The first-order valence-electron chi connectivity index (χ1n) is 6.70. The lowest BCUT2D eigenvalue weighted by Gasteiger charge is -2.06. The summed E-state index contributed by atoms with van der Waals surface area (Å²) in [4.78, 5) is 19.2. The molecule has 0 aliphatic heterocycles. The molecule has 0 atom stereocenters. The first-order valence-corrected chi connectivity index (χ1v) is 7.78. The van der Waals surface area contributed by atoms with Gasteiger partial charge in [-0.3, -0.25) is 9.79 Å². The molecule has 2 aromatic carbocycles. The number of aryl methyl sites for hydroxylation is 1. The Labute approximate surface area is 140 Å². The van der Waals surface area contributed by atoms with Crippen molar-refractivity contribution in [2.24, 2.45) is 4.99 Å². The molecule has 5 heteroatoms.